The van der Waals surface area contributed by atoms with Crippen molar-refractivity contribution in [3.8, 4) is 0 Å². The first-order valence-corrected chi connectivity index (χ1v) is 1.68. The van der Waals surface area contributed by atoms with Gasteiger partial charge >= 0.3 is 24.7 Å². The smallest absolute Gasteiger partial charge is 0.0125 e. The molecular formula is CH6CoSSi-. The third-order valence-electron chi connectivity index (χ3n) is 0. The van der Waals surface area contributed by atoms with E-state index in [9.17, 15) is 0 Å². The molecule has 0 saturated carbocycles. The van der Waals surface area contributed by atoms with Crippen LogP contribution in [0.25, 0.3) is 0 Å². The Morgan fingerprint density at radius 2 is 1.25 bits per heavy atom. The molecule has 0 aromatic heterocycles. The van der Waals surface area contributed by atoms with Gasteiger partial charge in [-0.2, -0.15) is 0 Å². The van der Waals surface area contributed by atoms with Crippen molar-refractivity contribution in [2.75, 3.05) is 0 Å². The molecule has 30 valence electrons. The van der Waals surface area contributed by atoms with Crippen molar-refractivity contribution in [1.82, 2.24) is 0 Å². The first-order valence-electron chi connectivity index (χ1n) is 0.136. The second-order valence-electron chi connectivity index (χ2n) is 0. The van der Waals surface area contributed by atoms with E-state index in [2.05, 4.69) is 24.7 Å². The molecular weight excluding hydrogens is 131 g/mol. The molecule has 4 heavy (non-hydrogen) atoms. The normalized spacial score (nSPS) is 1.25. The minimum Gasteiger partial charge on any atom is -0.0125 e. The van der Waals surface area contributed by atoms with Gasteiger partial charge in [0, 0.05) is 0 Å². The van der Waals surface area contributed by atoms with Crippen molar-refractivity contribution in [2.45, 2.75) is 0 Å². The van der Waals surface area contributed by atoms with Crippen LogP contribution in [-0.4, -0.2) is 11.0 Å². The minimum absolute atomic E-state index is 0. The zero-order valence-corrected chi connectivity index (χ0v) is 6.60. The summed E-state index contributed by atoms with van der Waals surface area (Å²) in [5.74, 6) is 0. The molecule has 0 amide bonds. The van der Waals surface area contributed by atoms with Crippen molar-refractivity contribution in [3.05, 3.63) is 7.43 Å². The molecule has 0 rings (SSSR count). The molecule has 0 N–H and O–H groups in total. The molecule has 0 aliphatic rings. The Bertz CT molecular complexity index is 8.00. The van der Waals surface area contributed by atoms with Crippen molar-refractivity contribution in [2.24, 2.45) is 0 Å². The van der Waals surface area contributed by atoms with Crippen LogP contribution in [0.1, 0.15) is 0 Å². The largest absolute Gasteiger partial charge is 0.0125 e. The van der Waals surface area contributed by atoms with Gasteiger partial charge in [0.1, 0.15) is 0 Å². The summed E-state index contributed by atoms with van der Waals surface area (Å²) < 4.78 is 0. The van der Waals surface area contributed by atoms with Crippen LogP contribution in [-0.2, 0) is 14.1 Å². The summed E-state index contributed by atoms with van der Waals surface area (Å²) in [4.78, 5) is 0. The third kappa shape index (κ3) is 12.5. The molecule has 3 heteroatoms. The van der Waals surface area contributed by atoms with Gasteiger partial charge in [-0.1, -0.05) is 0 Å². The fraction of sp³-hybridized carbons (Fsp3) is 0. The molecule has 0 bridgehead atoms. The van der Waals surface area contributed by atoms with Gasteiger partial charge < -0.3 is 7.43 Å². The summed E-state index contributed by atoms with van der Waals surface area (Å²) in [6.07, 6.45) is 0. The van der Waals surface area contributed by atoms with Gasteiger partial charge in [0.25, 0.3) is 0 Å². The summed E-state index contributed by atoms with van der Waals surface area (Å²) in [5.41, 5.74) is 0. The molecule has 0 nitrogen and oxygen atoms in total. The van der Waals surface area contributed by atoms with E-state index in [-0.39, 0.29) is 18.4 Å². The van der Waals surface area contributed by atoms with Gasteiger partial charge in [-0.25, -0.2) is 0 Å². The van der Waals surface area contributed by atoms with E-state index in [0.29, 0.717) is 0 Å². The Hall–Kier alpha value is 0.943. The van der Waals surface area contributed by atoms with Crippen LogP contribution in [0, 0.1) is 7.43 Å². The summed E-state index contributed by atoms with van der Waals surface area (Å²) in [5, 5.41) is 0. The molecule has 0 aliphatic carbocycles. The predicted octanol–water partition coefficient (Wildman–Crippen LogP) is -0.0879. The molecule has 1 radical (unpaired) electrons. The molecule has 0 aromatic rings. The van der Waals surface area contributed by atoms with Crippen molar-refractivity contribution >= 4 is 21.6 Å². The maximum Gasteiger partial charge on any atom is -0.0125 e. The van der Waals surface area contributed by atoms with Crippen LogP contribution in [0.2, 0.25) is 0 Å². The molecule has 0 atom stereocenters. The first kappa shape index (κ1) is 20.4. The van der Waals surface area contributed by atoms with Crippen LogP contribution in [0.4, 0.5) is 0 Å². The Labute approximate surface area is 43.5 Å². The van der Waals surface area contributed by atoms with Gasteiger partial charge in [-0.05, 0) is 11.0 Å². The molecule has 0 spiro atoms. The molecule has 0 fully saturated rings. The molecule has 0 aliphatic heterocycles. The van der Waals surface area contributed by atoms with Gasteiger partial charge in [-0.3, -0.25) is 0 Å². The van der Waals surface area contributed by atoms with Gasteiger partial charge in [0.15, 0.2) is 0 Å². The van der Waals surface area contributed by atoms with Crippen LogP contribution in [0.3, 0.4) is 0 Å². The average Bonchev–Trinajstić information content (AvgIpc) is 1.00. The van der Waals surface area contributed by atoms with Crippen LogP contribution in [0.5, 0.6) is 0 Å². The van der Waals surface area contributed by atoms with E-state index in [0.717, 1.165) is 0 Å². The quantitative estimate of drug-likeness (QED) is 0.332. The summed E-state index contributed by atoms with van der Waals surface area (Å²) in [7, 11) is 3.77. The maximum absolute atomic E-state index is 3.77. The van der Waals surface area contributed by atoms with E-state index in [1.807, 2.05) is 0 Å². The second kappa shape index (κ2) is 38.4. The Morgan fingerprint density at radius 3 is 1.25 bits per heavy atom. The van der Waals surface area contributed by atoms with Crippen molar-refractivity contribution < 1.29 is 14.1 Å². The van der Waals surface area contributed by atoms with Crippen LogP contribution in [0.15, 0.2) is 0 Å². The molecule has 0 heterocycles. The standard InChI is InChI=1S/CH3.Co.S.H3Si/h1H3;;;1H3/q-1;;;. The van der Waals surface area contributed by atoms with Crippen LogP contribution >= 0.6 is 10.6 Å². The van der Waals surface area contributed by atoms with Crippen LogP contribution < -0.4 is 0 Å². The SMILES string of the molecule is [CH3-].[S]=[Co].[SiH3]. The van der Waals surface area contributed by atoms with Gasteiger partial charge in [0.05, 0.1) is 0 Å². The van der Waals surface area contributed by atoms with Crippen molar-refractivity contribution in [1.29, 1.82) is 0 Å². The maximum atomic E-state index is 3.77. The number of hydrogen-bond acceptors (Lipinski definition) is 1. The average molecular weight is 137 g/mol. The van der Waals surface area contributed by atoms with E-state index in [1.165, 1.54) is 0 Å². The number of rotatable bonds is 0. The Morgan fingerprint density at radius 1 is 1.25 bits per heavy atom. The second-order valence-corrected chi connectivity index (χ2v) is 0. The summed E-state index contributed by atoms with van der Waals surface area (Å²) >= 11 is 3.15. The third-order valence-corrected chi connectivity index (χ3v) is 0. The predicted molar refractivity (Wildman–Crippen MR) is 23.9 cm³/mol. The van der Waals surface area contributed by atoms with E-state index in [1.54, 1.807) is 0 Å². The number of hydrogen-bond donors (Lipinski definition) is 0. The summed E-state index contributed by atoms with van der Waals surface area (Å²) in [6, 6.07) is 0. The van der Waals surface area contributed by atoms with Gasteiger partial charge in [0.2, 0.25) is 0 Å². The monoisotopic (exact) mass is 137 g/mol. The van der Waals surface area contributed by atoms with Gasteiger partial charge in [-0.15, -0.1) is 0 Å². The topological polar surface area (TPSA) is 0 Å². The summed E-state index contributed by atoms with van der Waals surface area (Å²) in [6.45, 7) is 0. The van der Waals surface area contributed by atoms with E-state index < -0.39 is 0 Å². The molecule has 0 aromatic carbocycles. The van der Waals surface area contributed by atoms with E-state index in [4.69, 9.17) is 0 Å². The fourth-order valence-corrected chi connectivity index (χ4v) is 0. The van der Waals surface area contributed by atoms with E-state index >= 15 is 0 Å². The molecule has 0 saturated heterocycles. The fourth-order valence-electron chi connectivity index (χ4n) is 0. The Balaban J connectivity index is -0.00000000500. The minimum atomic E-state index is 0. The zero-order valence-electron chi connectivity index (χ0n) is 2.74. The Kier molecular flexibility index (Phi) is 195. The van der Waals surface area contributed by atoms with Crippen molar-refractivity contribution in [3.63, 3.8) is 0 Å². The first-order chi connectivity index (χ1) is 1.00. The molecule has 0 unspecified atom stereocenters. The zero-order chi connectivity index (χ0) is 2.00.